The van der Waals surface area contributed by atoms with Crippen LogP contribution in [-0.4, -0.2) is 24.9 Å². The molecule has 0 aliphatic carbocycles. The van der Waals surface area contributed by atoms with E-state index in [0.29, 0.717) is 0 Å². The van der Waals surface area contributed by atoms with Crippen molar-refractivity contribution in [3.8, 4) is 0 Å². The molecule has 1 aromatic heterocycles. The summed E-state index contributed by atoms with van der Waals surface area (Å²) < 4.78 is 3.36. The number of benzene rings is 2. The summed E-state index contributed by atoms with van der Waals surface area (Å²) in [7, 11) is 0. The fourth-order valence-corrected chi connectivity index (χ4v) is 4.99. The molecule has 0 aliphatic heterocycles. The normalized spacial score (nSPS) is 10.7. The van der Waals surface area contributed by atoms with Gasteiger partial charge in [0.2, 0.25) is 0 Å². The average molecular weight is 335 g/mol. The molecule has 3 aromatic rings. The third-order valence-electron chi connectivity index (χ3n) is 2.53. The molecule has 0 unspecified atom stereocenters. The maximum atomic E-state index is 10.6. The average Bonchev–Trinajstić information content (AvgIpc) is 2.81. The van der Waals surface area contributed by atoms with E-state index in [4.69, 9.17) is 0 Å². The number of non-ortho nitro benzene ring substituents is 1. The van der Waals surface area contributed by atoms with Crippen LogP contribution < -0.4 is 8.37 Å². The summed E-state index contributed by atoms with van der Waals surface area (Å²) in [6, 6.07) is 14.8. The van der Waals surface area contributed by atoms with Gasteiger partial charge < -0.3 is 0 Å². The number of aromatic nitrogens is 1. The predicted octanol–water partition coefficient (Wildman–Crippen LogP) is 1.86. The zero-order valence-corrected chi connectivity index (χ0v) is 12.2. The van der Waals surface area contributed by atoms with Crippen LogP contribution in [0.1, 0.15) is 0 Å². The van der Waals surface area contributed by atoms with Crippen molar-refractivity contribution in [3.63, 3.8) is 0 Å². The number of thiazole rings is 1. The van der Waals surface area contributed by atoms with Crippen molar-refractivity contribution < 1.29 is 4.92 Å². The maximum absolute atomic E-state index is 10.6. The SMILES string of the molecule is O=[N+]([O-])c1ccc([Se]c2nc3ccccc3s2)cc1. The Labute approximate surface area is 119 Å². The van der Waals surface area contributed by atoms with E-state index < -0.39 is 0 Å². The van der Waals surface area contributed by atoms with E-state index in [1.54, 1.807) is 23.5 Å². The number of hydrogen-bond acceptors (Lipinski definition) is 4. The van der Waals surface area contributed by atoms with Crippen molar-refractivity contribution in [2.24, 2.45) is 0 Å². The van der Waals surface area contributed by atoms with E-state index >= 15 is 0 Å². The molecule has 6 heteroatoms. The summed E-state index contributed by atoms with van der Waals surface area (Å²) in [6.45, 7) is 0. The van der Waals surface area contributed by atoms with Gasteiger partial charge in [-0.1, -0.05) is 0 Å². The summed E-state index contributed by atoms with van der Waals surface area (Å²) in [4.78, 5) is 14.8. The number of fused-ring (bicyclic) bond motifs is 1. The van der Waals surface area contributed by atoms with Gasteiger partial charge in [-0.05, 0) is 0 Å². The number of para-hydroxylation sites is 1. The van der Waals surface area contributed by atoms with Crippen LogP contribution in [0.25, 0.3) is 10.2 Å². The summed E-state index contributed by atoms with van der Waals surface area (Å²) in [5.74, 6) is 0. The van der Waals surface area contributed by atoms with Gasteiger partial charge in [0.25, 0.3) is 0 Å². The molecule has 0 bridgehead atoms. The molecule has 0 atom stereocenters. The minimum absolute atomic E-state index is 0.0960. The number of nitro benzene ring substituents is 1. The molecule has 0 N–H and O–H groups in total. The first-order valence-corrected chi connectivity index (χ1v) is 8.03. The zero-order valence-electron chi connectivity index (χ0n) is 9.65. The van der Waals surface area contributed by atoms with E-state index in [9.17, 15) is 10.1 Å². The molecular weight excluding hydrogens is 327 g/mol. The van der Waals surface area contributed by atoms with Crippen LogP contribution in [0.2, 0.25) is 0 Å². The minimum atomic E-state index is -0.380. The van der Waals surface area contributed by atoms with E-state index in [1.165, 1.54) is 4.70 Å². The molecule has 2 aromatic carbocycles. The Balaban J connectivity index is 1.86. The van der Waals surface area contributed by atoms with Crippen molar-refractivity contribution in [1.82, 2.24) is 4.98 Å². The fourth-order valence-electron chi connectivity index (χ4n) is 1.63. The first kappa shape index (κ1) is 12.3. The van der Waals surface area contributed by atoms with Crippen molar-refractivity contribution in [2.45, 2.75) is 0 Å². The molecule has 0 aliphatic rings. The van der Waals surface area contributed by atoms with E-state index in [2.05, 4.69) is 11.1 Å². The van der Waals surface area contributed by atoms with Gasteiger partial charge in [0.05, 0.1) is 0 Å². The molecule has 0 saturated carbocycles. The topological polar surface area (TPSA) is 56.0 Å². The van der Waals surface area contributed by atoms with Gasteiger partial charge in [-0.3, -0.25) is 0 Å². The fraction of sp³-hybridized carbons (Fsp3) is 0. The molecule has 4 nitrogen and oxygen atoms in total. The predicted molar refractivity (Wildman–Crippen MR) is 77.7 cm³/mol. The van der Waals surface area contributed by atoms with Crippen LogP contribution in [-0.2, 0) is 0 Å². The molecule has 1 heterocycles. The molecule has 0 spiro atoms. The summed E-state index contributed by atoms with van der Waals surface area (Å²) in [5.41, 5.74) is 1.15. The molecule has 0 saturated heterocycles. The van der Waals surface area contributed by atoms with Gasteiger partial charge in [0.15, 0.2) is 0 Å². The van der Waals surface area contributed by atoms with Crippen LogP contribution in [0, 0.1) is 10.1 Å². The number of nitro groups is 1. The first-order valence-electron chi connectivity index (χ1n) is 5.50. The summed E-state index contributed by atoms with van der Waals surface area (Å²) in [5, 5.41) is 10.6. The Morgan fingerprint density at radius 2 is 1.84 bits per heavy atom. The van der Waals surface area contributed by atoms with Crippen molar-refractivity contribution in [2.75, 3.05) is 0 Å². The number of hydrogen-bond donors (Lipinski definition) is 0. The standard InChI is InChI=1S/C13H8N2O2SSe/c16-15(17)9-5-7-10(8-6-9)19-13-14-11-3-1-2-4-12(11)18-13/h1-8H. The zero-order chi connectivity index (χ0) is 13.2. The first-order chi connectivity index (χ1) is 9.22. The Hall–Kier alpha value is -1.75. The Kier molecular flexibility index (Phi) is 3.29. The van der Waals surface area contributed by atoms with Crippen LogP contribution in [0.4, 0.5) is 5.69 Å². The molecular formula is C13H8N2O2SSe. The van der Waals surface area contributed by atoms with E-state index in [-0.39, 0.29) is 25.6 Å². The Bertz CT molecular complexity index is 707. The van der Waals surface area contributed by atoms with Gasteiger partial charge in [0.1, 0.15) is 0 Å². The Morgan fingerprint density at radius 3 is 2.53 bits per heavy atom. The quantitative estimate of drug-likeness (QED) is 0.417. The van der Waals surface area contributed by atoms with Gasteiger partial charge >= 0.3 is 119 Å². The second kappa shape index (κ2) is 5.09. The van der Waals surface area contributed by atoms with Gasteiger partial charge in [0, 0.05) is 0 Å². The number of rotatable bonds is 3. The molecule has 0 fully saturated rings. The van der Waals surface area contributed by atoms with Gasteiger partial charge in [-0.2, -0.15) is 0 Å². The third-order valence-corrected chi connectivity index (χ3v) is 5.94. The molecule has 0 radical (unpaired) electrons. The monoisotopic (exact) mass is 336 g/mol. The van der Waals surface area contributed by atoms with E-state index in [0.717, 1.165) is 13.9 Å². The second-order valence-electron chi connectivity index (χ2n) is 3.80. The third kappa shape index (κ3) is 2.66. The second-order valence-corrected chi connectivity index (χ2v) is 7.64. The van der Waals surface area contributed by atoms with Crippen molar-refractivity contribution in [1.29, 1.82) is 0 Å². The van der Waals surface area contributed by atoms with E-state index in [1.807, 2.05) is 30.3 Å². The molecule has 3 rings (SSSR count). The van der Waals surface area contributed by atoms with Crippen molar-refractivity contribution >= 4 is 50.6 Å². The van der Waals surface area contributed by atoms with Gasteiger partial charge in [-0.25, -0.2) is 0 Å². The molecule has 19 heavy (non-hydrogen) atoms. The van der Waals surface area contributed by atoms with Gasteiger partial charge in [-0.15, -0.1) is 0 Å². The number of nitrogens with zero attached hydrogens (tertiary/aromatic N) is 2. The van der Waals surface area contributed by atoms with Crippen molar-refractivity contribution in [3.05, 3.63) is 58.6 Å². The van der Waals surface area contributed by atoms with Crippen LogP contribution in [0.3, 0.4) is 0 Å². The van der Waals surface area contributed by atoms with Crippen LogP contribution >= 0.6 is 11.3 Å². The molecule has 0 amide bonds. The van der Waals surface area contributed by atoms with Crippen LogP contribution in [0.15, 0.2) is 48.5 Å². The molecule has 94 valence electrons. The van der Waals surface area contributed by atoms with Crippen LogP contribution in [0.5, 0.6) is 0 Å². The summed E-state index contributed by atoms with van der Waals surface area (Å²) in [6.07, 6.45) is 0. The Morgan fingerprint density at radius 1 is 1.11 bits per heavy atom. The summed E-state index contributed by atoms with van der Waals surface area (Å²) >= 11 is 1.78.